The van der Waals surface area contributed by atoms with Crippen molar-refractivity contribution in [2.24, 2.45) is 0 Å². The van der Waals surface area contributed by atoms with E-state index in [1.807, 2.05) is 55.4 Å². The summed E-state index contributed by atoms with van der Waals surface area (Å²) in [5.41, 5.74) is 27.8. The number of pyridine rings is 6. The van der Waals surface area contributed by atoms with Crippen molar-refractivity contribution in [3.63, 3.8) is 0 Å². The number of nitrogens with zero attached hydrogens (tertiary/aromatic N) is 11. The second kappa shape index (κ2) is 49.1. The molecule has 1 saturated carbocycles. The van der Waals surface area contributed by atoms with Crippen molar-refractivity contribution in [1.29, 1.82) is 0 Å². The molecular weight excluding hydrogens is 2300 g/mol. The standard InChI is InChI=1S/C46H46N2.C39H27N3.3C12H5F2N2.3Ir/c1-34-8-20-40(21-9-34)47(41-22-10-35(2)11-23-41)44-28-16-38(17-29-44)46(32-6-5-7-33-46)39-18-30-45(31-19-39)48(42-24-12-36(3)13-25-42)43-26-14-37(4)15-27-43;1-7-28(34-13-4-16-40-25-34)19-31(10-1)37-22-38(32-11-2-8-29(20-32)35-14-5-17-41-26-35)24-39(23-37)33-12-3-9-30(21-33)36-15-6-18-42-27-36;3*1-15-12-9(13)6-5-8(11(12)14)10-4-2-3-7-16-10;;;/h8-31H,5-7,32-33H2,1-4H3;1-27H;3*2-4,6-7H;;;/q;;3*-1;;;. The fourth-order valence-electron chi connectivity index (χ4n) is 16.7. The minimum Gasteiger partial charge on any atom is -0.311 e. The van der Waals surface area contributed by atoms with Gasteiger partial charge in [-0.3, -0.25) is 55.8 Å². The number of hydrogen-bond donors (Lipinski definition) is 0. The maximum absolute atomic E-state index is 13.7. The predicted octanol–water partition coefficient (Wildman–Crippen LogP) is 33.1. The zero-order valence-corrected chi connectivity index (χ0v) is 84.0. The molecule has 11 nitrogen and oxygen atoms in total. The van der Waals surface area contributed by atoms with Crippen LogP contribution < -0.4 is 9.80 Å². The van der Waals surface area contributed by atoms with Crippen LogP contribution in [0, 0.1) is 101 Å². The maximum Gasteiger partial charge on any atom is 0.176 e. The normalized spacial score (nSPS) is 11.3. The van der Waals surface area contributed by atoms with Gasteiger partial charge in [0.15, 0.2) is 17.1 Å². The third-order valence-corrected chi connectivity index (χ3v) is 23.8. The summed E-state index contributed by atoms with van der Waals surface area (Å²) < 4.78 is 80.2. The predicted molar refractivity (Wildman–Crippen MR) is 542 cm³/mol. The first-order valence-electron chi connectivity index (χ1n) is 44.7. The smallest absolute Gasteiger partial charge is 0.176 e. The second-order valence-electron chi connectivity index (χ2n) is 33.0. The van der Waals surface area contributed by atoms with Crippen LogP contribution in [0.4, 0.5) is 77.5 Å². The summed E-state index contributed by atoms with van der Waals surface area (Å²) >= 11 is 0. The van der Waals surface area contributed by atoms with Gasteiger partial charge in [-0.2, -0.15) is 0 Å². The summed E-state index contributed by atoms with van der Waals surface area (Å²) in [5.74, 6) is -5.50. The van der Waals surface area contributed by atoms with Crippen LogP contribution >= 0.6 is 0 Å². The average Bonchev–Trinajstić information content (AvgIpc) is 0.759. The molecule has 0 atom stereocenters. The third kappa shape index (κ3) is 24.9. The zero-order valence-electron chi connectivity index (χ0n) is 76.8. The summed E-state index contributed by atoms with van der Waals surface area (Å²) in [6.07, 6.45) is 21.8. The molecule has 13 aromatic carbocycles. The van der Waals surface area contributed by atoms with Gasteiger partial charge in [0.25, 0.3) is 0 Å². The molecule has 0 unspecified atom stereocenters. The van der Waals surface area contributed by atoms with Gasteiger partial charge in [-0.1, -0.05) is 224 Å². The average molecular weight is 2390 g/mol. The zero-order chi connectivity index (χ0) is 95.9. The Hall–Kier alpha value is -15.6. The van der Waals surface area contributed by atoms with Crippen molar-refractivity contribution in [2.45, 2.75) is 65.2 Å². The molecule has 20 rings (SSSR count). The van der Waals surface area contributed by atoms with Gasteiger partial charge in [-0.15, -0.1) is 53.1 Å². The molecule has 3 radical (unpaired) electrons. The van der Waals surface area contributed by atoms with Crippen molar-refractivity contribution < 1.29 is 86.7 Å². The molecule has 1 aliphatic rings. The van der Waals surface area contributed by atoms with E-state index in [-0.39, 0.29) is 82.4 Å². The molecule has 0 N–H and O–H groups in total. The molecule has 0 saturated heterocycles. The molecule has 1 aliphatic carbocycles. The monoisotopic (exact) mass is 2390 g/mol. The van der Waals surface area contributed by atoms with Gasteiger partial charge in [0.2, 0.25) is 0 Å². The van der Waals surface area contributed by atoms with Crippen LogP contribution in [0.3, 0.4) is 0 Å². The first kappa shape index (κ1) is 103. The van der Waals surface area contributed by atoms with Crippen molar-refractivity contribution in [2.75, 3.05) is 9.80 Å². The number of anilines is 6. The van der Waals surface area contributed by atoms with E-state index in [1.165, 1.54) is 118 Å². The van der Waals surface area contributed by atoms with Crippen molar-refractivity contribution >= 4 is 51.2 Å². The van der Waals surface area contributed by atoms with Crippen LogP contribution in [-0.4, -0.2) is 29.9 Å². The van der Waals surface area contributed by atoms with Crippen LogP contribution in [0.2, 0.25) is 0 Å². The number of aryl methyl sites for hydroxylation is 4. The van der Waals surface area contributed by atoms with Crippen molar-refractivity contribution in [1.82, 2.24) is 29.9 Å². The molecule has 699 valence electrons. The number of rotatable bonds is 17. The van der Waals surface area contributed by atoms with E-state index < -0.39 is 52.0 Å². The second-order valence-corrected chi connectivity index (χ2v) is 33.0. The number of hydrogen-bond acceptors (Lipinski definition) is 8. The number of aromatic nitrogens is 6. The Kier molecular flexibility index (Phi) is 35.8. The molecule has 6 aromatic heterocycles. The van der Waals surface area contributed by atoms with Gasteiger partial charge >= 0.3 is 0 Å². The Morgan fingerprint density at radius 2 is 0.511 bits per heavy atom. The molecule has 0 spiro atoms. The molecule has 6 heterocycles. The van der Waals surface area contributed by atoms with Gasteiger partial charge in [0.1, 0.15) is 0 Å². The maximum atomic E-state index is 13.7. The van der Waals surface area contributed by atoms with Crippen LogP contribution in [-0.2, 0) is 65.7 Å². The van der Waals surface area contributed by atoms with Gasteiger partial charge in [-0.25, -0.2) is 0 Å². The Labute approximate surface area is 858 Å². The van der Waals surface area contributed by atoms with E-state index in [1.54, 1.807) is 54.6 Å². The van der Waals surface area contributed by atoms with Gasteiger partial charge < -0.3 is 24.8 Å². The summed E-state index contributed by atoms with van der Waals surface area (Å²) in [7, 11) is 0. The van der Waals surface area contributed by atoms with Crippen molar-refractivity contribution in [3.05, 3.63) is 522 Å². The molecule has 141 heavy (non-hydrogen) atoms. The van der Waals surface area contributed by atoms with E-state index in [4.69, 9.17) is 19.7 Å². The molecular formula is C121H88F6Ir3N11-3. The minimum absolute atomic E-state index is 0. The molecule has 0 bridgehead atoms. The fraction of sp³-hybridized carbons (Fsp3) is 0.0826. The van der Waals surface area contributed by atoms with Gasteiger partial charge in [0.05, 0.1) is 19.7 Å². The third-order valence-electron chi connectivity index (χ3n) is 23.8. The van der Waals surface area contributed by atoms with Crippen LogP contribution in [0.25, 0.3) is 115 Å². The quantitative estimate of drug-likeness (QED) is 0.0657. The Morgan fingerprint density at radius 1 is 0.270 bits per heavy atom. The van der Waals surface area contributed by atoms with Crippen LogP contribution in [0.1, 0.15) is 65.5 Å². The van der Waals surface area contributed by atoms with E-state index in [2.05, 4.69) is 355 Å². The van der Waals surface area contributed by atoms with Gasteiger partial charge in [0, 0.05) is 207 Å². The summed E-state index contributed by atoms with van der Waals surface area (Å²) in [5, 5.41) is 0. The Morgan fingerprint density at radius 3 is 0.745 bits per heavy atom. The molecule has 20 heteroatoms. The van der Waals surface area contributed by atoms with E-state index >= 15 is 0 Å². The van der Waals surface area contributed by atoms with E-state index in [9.17, 15) is 26.3 Å². The first-order valence-corrected chi connectivity index (χ1v) is 44.7. The number of halogens is 6. The summed E-state index contributed by atoms with van der Waals surface area (Å²) in [6.45, 7) is 28.7. The molecule has 0 aliphatic heterocycles. The largest absolute Gasteiger partial charge is 0.311 e. The molecule has 0 amide bonds. The van der Waals surface area contributed by atoms with E-state index in [0.717, 1.165) is 85.0 Å². The molecule has 19 aromatic rings. The van der Waals surface area contributed by atoms with Crippen LogP contribution in [0.5, 0.6) is 0 Å². The summed E-state index contributed by atoms with van der Waals surface area (Å²) in [6, 6.07) is 124. The Balaban J connectivity index is 0.000000161. The fourth-order valence-corrected chi connectivity index (χ4v) is 16.7. The van der Waals surface area contributed by atoms with E-state index in [0.29, 0.717) is 17.1 Å². The minimum atomic E-state index is -0.922. The topological polar surface area (TPSA) is 96.9 Å². The van der Waals surface area contributed by atoms with Gasteiger partial charge in [-0.05, 0) is 264 Å². The SMILES string of the molecule is Cc1ccc(N(c2ccc(C)cc2)c2ccc(C3(c4ccc(N(c5ccc(C)cc5)c5ccc(C)cc5)cc4)CCCCC3)cc2)cc1.[C-]#[N+]c1c(F)c[c-]c(-c2ccccn2)c1F.[C-]#[N+]c1c(F)c[c-]c(-c2ccccn2)c1F.[C-]#[N+]c1c(F)c[c-]c(-c2ccccn2)c1F.[Ir].[Ir].[Ir].c1cncc(-c2cccc(-c3cc(-c4cccc(-c5cccnc5)c4)cc(-c4cccc(-c5cccnc5)c4)c3)c2)c1. The number of benzene rings is 13. The van der Waals surface area contributed by atoms with Crippen LogP contribution in [0.15, 0.2) is 402 Å². The summed E-state index contributed by atoms with van der Waals surface area (Å²) in [4.78, 5) is 37.9. The first-order chi connectivity index (χ1) is 67.4. The van der Waals surface area contributed by atoms with Crippen molar-refractivity contribution in [3.8, 4) is 101 Å². The Bertz CT molecular complexity index is 6810. The molecule has 1 fully saturated rings.